The number of aliphatic hydroxyl groups excluding tert-OH is 7. The number of ether oxygens (including phenoxy) is 2. The van der Waals surface area contributed by atoms with Crippen LogP contribution in [-0.2, 0) is 14.9 Å². The lowest BCUT2D eigenvalue weighted by molar-refractivity contribution is -0.214. The average Bonchev–Trinajstić information content (AvgIpc) is 3.77. The van der Waals surface area contributed by atoms with E-state index in [1.54, 1.807) is 4.90 Å². The third-order valence-electron chi connectivity index (χ3n) is 10.3. The van der Waals surface area contributed by atoms with Gasteiger partial charge in [0.2, 0.25) is 5.76 Å². The molecule has 1 aliphatic carbocycles. The summed E-state index contributed by atoms with van der Waals surface area (Å²) in [5, 5.41) is 74.4. The summed E-state index contributed by atoms with van der Waals surface area (Å²) in [6.45, 7) is 0.00611. The minimum absolute atomic E-state index is 0.111. The molecular weight excluding hydrogens is 648 g/mol. The van der Waals surface area contributed by atoms with Crippen LogP contribution in [0.3, 0.4) is 0 Å². The van der Waals surface area contributed by atoms with Crippen molar-refractivity contribution in [3.05, 3.63) is 76.7 Å². The van der Waals surface area contributed by atoms with Crippen molar-refractivity contribution < 1.29 is 54.5 Å². The van der Waals surface area contributed by atoms with Crippen LogP contribution in [0, 0.1) is 23.7 Å². The van der Waals surface area contributed by atoms with Crippen molar-refractivity contribution in [3.63, 3.8) is 0 Å². The lowest BCUT2D eigenvalue weighted by Gasteiger charge is -2.40. The molecule has 1 amide bonds. The Bertz CT molecular complexity index is 1850. The molecule has 2 aromatic carbocycles. The number of amides is 1. The van der Waals surface area contributed by atoms with Gasteiger partial charge < -0.3 is 54.6 Å². The van der Waals surface area contributed by atoms with Crippen molar-refractivity contribution in [1.82, 2.24) is 10.1 Å². The van der Waals surface area contributed by atoms with Gasteiger partial charge in [0.25, 0.3) is 5.91 Å². The maximum atomic E-state index is 13.2. The molecule has 13 nitrogen and oxygen atoms in total. The Morgan fingerprint density at radius 1 is 0.800 bits per heavy atom. The Morgan fingerprint density at radius 2 is 1.42 bits per heavy atom. The Morgan fingerprint density at radius 3 is 1.98 bits per heavy atom. The smallest absolute Gasteiger partial charge is 0.292 e. The van der Waals surface area contributed by atoms with Crippen LogP contribution in [0.25, 0.3) is 11.1 Å². The maximum Gasteiger partial charge on any atom is 0.292 e. The molecule has 4 heterocycles. The standard InChI is InChI=1S/C37H38N2O11/c40-18-22-17-27(42)32(43)28(48-22)7-3-20-1-5-23-24-6-2-21(4-8-29-33(44)35(46)34(45)31(19-41)49-29)16-26(24)37(25(23)15-20)10-13-39(14-11-37)36(47)30-9-12-38-50-30/h1-2,5-6,9,12,15-16,22,27-29,31-35,40-46H,10-11,13-14,17-19H2/t22?,27?,28?,29?,31?,32?,33?,34-,35?/m1/s1. The Hall–Kier alpha value is -4.12. The van der Waals surface area contributed by atoms with Gasteiger partial charge in [-0.2, -0.15) is 0 Å². The number of benzene rings is 2. The summed E-state index contributed by atoms with van der Waals surface area (Å²) >= 11 is 0. The van der Waals surface area contributed by atoms with Crippen molar-refractivity contribution in [2.45, 2.75) is 79.6 Å². The van der Waals surface area contributed by atoms with Crippen LogP contribution in [0.4, 0.5) is 0 Å². The summed E-state index contributed by atoms with van der Waals surface area (Å²) in [6, 6.07) is 13.2. The number of aromatic nitrogens is 1. The molecule has 50 heavy (non-hydrogen) atoms. The molecule has 13 heteroatoms. The number of carbonyl (C=O) groups is 1. The zero-order valence-electron chi connectivity index (χ0n) is 26.9. The molecule has 7 rings (SSSR count). The van der Waals surface area contributed by atoms with Crippen LogP contribution < -0.4 is 0 Å². The number of aliphatic hydroxyl groups is 7. The van der Waals surface area contributed by atoms with Gasteiger partial charge in [-0.1, -0.05) is 41.0 Å². The number of piperidine rings is 1. The second-order valence-corrected chi connectivity index (χ2v) is 13.2. The van der Waals surface area contributed by atoms with Gasteiger partial charge in [0.05, 0.1) is 31.6 Å². The fourth-order valence-corrected chi connectivity index (χ4v) is 7.48. The van der Waals surface area contributed by atoms with E-state index in [1.807, 2.05) is 36.4 Å². The van der Waals surface area contributed by atoms with E-state index in [4.69, 9.17) is 14.0 Å². The van der Waals surface area contributed by atoms with E-state index < -0.39 is 67.0 Å². The van der Waals surface area contributed by atoms with Crippen molar-refractivity contribution in [1.29, 1.82) is 0 Å². The van der Waals surface area contributed by atoms with Gasteiger partial charge in [0.1, 0.15) is 42.7 Å². The normalized spacial score (nSPS) is 31.2. The van der Waals surface area contributed by atoms with Crippen LogP contribution in [0.1, 0.15) is 52.1 Å². The molecule has 0 bridgehead atoms. The van der Waals surface area contributed by atoms with Crippen molar-refractivity contribution in [2.24, 2.45) is 0 Å². The second-order valence-electron chi connectivity index (χ2n) is 13.2. The summed E-state index contributed by atoms with van der Waals surface area (Å²) in [7, 11) is 0. The van der Waals surface area contributed by atoms with Crippen molar-refractivity contribution in [3.8, 4) is 34.8 Å². The van der Waals surface area contributed by atoms with Crippen LogP contribution in [0.2, 0.25) is 0 Å². The SMILES string of the molecule is O=C(c1ccno1)N1CCC2(CC1)c1cc(C#CC3OC(CO)CC(O)C3O)ccc1-c1ccc(C#CC3OC(CO)[C@@H](O)C(O)C3O)cc12. The monoisotopic (exact) mass is 686 g/mol. The lowest BCUT2D eigenvalue weighted by atomic mass is 9.70. The molecule has 4 aliphatic rings. The molecule has 3 aliphatic heterocycles. The lowest BCUT2D eigenvalue weighted by Crippen LogP contribution is -2.58. The first kappa shape index (κ1) is 34.3. The van der Waals surface area contributed by atoms with Gasteiger partial charge in [-0.3, -0.25) is 4.79 Å². The predicted octanol–water partition coefficient (Wildman–Crippen LogP) is -0.706. The summed E-state index contributed by atoms with van der Waals surface area (Å²) in [6.07, 6.45) is -7.91. The quantitative estimate of drug-likeness (QED) is 0.171. The van der Waals surface area contributed by atoms with E-state index in [1.165, 1.54) is 12.3 Å². The van der Waals surface area contributed by atoms with Gasteiger partial charge in [-0.05, 0) is 59.4 Å². The van der Waals surface area contributed by atoms with Gasteiger partial charge in [-0.25, -0.2) is 0 Å². The summed E-state index contributed by atoms with van der Waals surface area (Å²) in [5.74, 6) is 11.8. The maximum absolute atomic E-state index is 13.2. The third kappa shape index (κ3) is 6.11. The fourth-order valence-electron chi connectivity index (χ4n) is 7.48. The molecule has 262 valence electrons. The molecule has 9 atom stereocenters. The Labute approximate surface area is 287 Å². The first-order chi connectivity index (χ1) is 24.1. The van der Waals surface area contributed by atoms with Crippen LogP contribution in [-0.4, -0.2) is 133 Å². The van der Waals surface area contributed by atoms with E-state index in [0.29, 0.717) is 37.1 Å². The highest BCUT2D eigenvalue weighted by Gasteiger charge is 2.47. The molecule has 0 radical (unpaired) electrons. The molecule has 7 N–H and O–H groups in total. The minimum atomic E-state index is -1.53. The van der Waals surface area contributed by atoms with Crippen LogP contribution in [0.5, 0.6) is 0 Å². The van der Waals surface area contributed by atoms with Gasteiger partial charge in [0, 0.05) is 42.1 Å². The van der Waals surface area contributed by atoms with E-state index in [9.17, 15) is 40.5 Å². The molecule has 3 aromatic rings. The van der Waals surface area contributed by atoms with E-state index >= 15 is 0 Å². The number of likely N-dealkylation sites (tertiary alicyclic amines) is 1. The van der Waals surface area contributed by atoms with Crippen molar-refractivity contribution >= 4 is 5.91 Å². The molecule has 8 unspecified atom stereocenters. The average molecular weight is 687 g/mol. The summed E-state index contributed by atoms with van der Waals surface area (Å²) in [4.78, 5) is 14.9. The third-order valence-corrected chi connectivity index (χ3v) is 10.3. The number of hydrogen-bond donors (Lipinski definition) is 7. The number of nitrogens with zero attached hydrogens (tertiary/aromatic N) is 2. The highest BCUT2D eigenvalue weighted by atomic mass is 16.5. The number of rotatable bonds is 3. The van der Waals surface area contributed by atoms with Crippen LogP contribution >= 0.6 is 0 Å². The molecule has 0 saturated carbocycles. The zero-order valence-corrected chi connectivity index (χ0v) is 26.9. The first-order valence-electron chi connectivity index (χ1n) is 16.6. The predicted molar refractivity (Wildman–Crippen MR) is 174 cm³/mol. The van der Waals surface area contributed by atoms with Gasteiger partial charge in [-0.15, -0.1) is 0 Å². The molecule has 1 aromatic heterocycles. The zero-order chi connectivity index (χ0) is 35.2. The topological polar surface area (TPSA) is 206 Å². The molecule has 3 saturated heterocycles. The Kier molecular flexibility index (Phi) is 9.54. The van der Waals surface area contributed by atoms with Crippen LogP contribution in [0.15, 0.2) is 53.2 Å². The largest absolute Gasteiger partial charge is 0.394 e. The van der Waals surface area contributed by atoms with Crippen molar-refractivity contribution in [2.75, 3.05) is 26.3 Å². The van der Waals surface area contributed by atoms with Gasteiger partial charge in [0.15, 0.2) is 0 Å². The minimum Gasteiger partial charge on any atom is -0.394 e. The van der Waals surface area contributed by atoms with E-state index in [0.717, 1.165) is 22.3 Å². The first-order valence-corrected chi connectivity index (χ1v) is 16.6. The number of fused-ring (bicyclic) bond motifs is 5. The van der Waals surface area contributed by atoms with Gasteiger partial charge >= 0.3 is 0 Å². The molecule has 1 spiro atoms. The highest BCUT2D eigenvalue weighted by molar-refractivity contribution is 5.91. The van der Waals surface area contributed by atoms with E-state index in [-0.39, 0.29) is 24.7 Å². The second kappa shape index (κ2) is 13.9. The summed E-state index contributed by atoms with van der Waals surface area (Å²) in [5.41, 5.74) is 4.77. The summed E-state index contributed by atoms with van der Waals surface area (Å²) < 4.78 is 16.4. The van der Waals surface area contributed by atoms with E-state index in [2.05, 4.69) is 28.8 Å². The number of carbonyl (C=O) groups excluding carboxylic acids is 1. The molecular formula is C37H38N2O11. The highest BCUT2D eigenvalue weighted by Crippen LogP contribution is 2.54. The molecule has 3 fully saturated rings. The Balaban J connectivity index is 1.22. The number of hydrogen-bond acceptors (Lipinski definition) is 12. The fraction of sp³-hybridized carbons (Fsp3) is 0.459.